The normalized spacial score (nSPS) is 20.8. The number of hydrogen-bond acceptors (Lipinski definition) is 2. The van der Waals surface area contributed by atoms with E-state index < -0.39 is 0 Å². The molecule has 3 heteroatoms. The number of nitrogens with zero attached hydrogens (tertiary/aromatic N) is 1. The van der Waals surface area contributed by atoms with Gasteiger partial charge in [-0.05, 0) is 56.6 Å². The van der Waals surface area contributed by atoms with E-state index in [1.165, 1.54) is 30.5 Å². The van der Waals surface area contributed by atoms with Gasteiger partial charge in [-0.1, -0.05) is 17.7 Å². The fourth-order valence-electron chi connectivity index (χ4n) is 2.44. The molecule has 0 aliphatic carbocycles. The van der Waals surface area contributed by atoms with Crippen molar-refractivity contribution in [3.63, 3.8) is 0 Å². The average molecular weight is 253 g/mol. The minimum absolute atomic E-state index is 0.666. The highest BCUT2D eigenvalue weighted by molar-refractivity contribution is 6.30. The molecular formula is C14H21ClN2. The van der Waals surface area contributed by atoms with Gasteiger partial charge >= 0.3 is 0 Å². The van der Waals surface area contributed by atoms with Gasteiger partial charge in [-0.25, -0.2) is 0 Å². The molecule has 1 atom stereocenters. The van der Waals surface area contributed by atoms with Crippen LogP contribution in [0.25, 0.3) is 0 Å². The summed E-state index contributed by atoms with van der Waals surface area (Å²) < 4.78 is 0. The van der Waals surface area contributed by atoms with Gasteiger partial charge in [-0.2, -0.15) is 0 Å². The summed E-state index contributed by atoms with van der Waals surface area (Å²) in [5.74, 6) is 0. The average Bonchev–Trinajstić information content (AvgIpc) is 2.34. The quantitative estimate of drug-likeness (QED) is 0.890. The molecule has 2 rings (SSSR count). The van der Waals surface area contributed by atoms with Gasteiger partial charge in [0.1, 0.15) is 0 Å². The molecule has 0 radical (unpaired) electrons. The Bertz CT molecular complexity index is 372. The van der Waals surface area contributed by atoms with E-state index in [1.807, 2.05) is 12.1 Å². The lowest BCUT2D eigenvalue weighted by Gasteiger charge is -2.32. The molecule has 17 heavy (non-hydrogen) atoms. The maximum atomic E-state index is 5.98. The molecule has 0 bridgehead atoms. The molecule has 1 heterocycles. The van der Waals surface area contributed by atoms with Crippen LogP contribution in [0.15, 0.2) is 18.2 Å². The van der Waals surface area contributed by atoms with Crippen LogP contribution in [0.4, 0.5) is 0 Å². The van der Waals surface area contributed by atoms with Crippen molar-refractivity contribution in [3.05, 3.63) is 34.3 Å². The van der Waals surface area contributed by atoms with E-state index in [1.54, 1.807) is 0 Å². The SMILES string of the molecule is Cc1cc(Cl)ccc1CN(C)C1CCCNC1. The van der Waals surface area contributed by atoms with Crippen LogP contribution < -0.4 is 5.32 Å². The lowest BCUT2D eigenvalue weighted by molar-refractivity contribution is 0.195. The molecule has 0 spiro atoms. The Morgan fingerprint density at radius 1 is 1.47 bits per heavy atom. The Balaban J connectivity index is 1.99. The molecular weight excluding hydrogens is 232 g/mol. The van der Waals surface area contributed by atoms with Gasteiger partial charge in [0.25, 0.3) is 0 Å². The van der Waals surface area contributed by atoms with Crippen LogP contribution in [-0.4, -0.2) is 31.1 Å². The summed E-state index contributed by atoms with van der Waals surface area (Å²) in [4.78, 5) is 2.45. The predicted molar refractivity (Wildman–Crippen MR) is 73.5 cm³/mol. The van der Waals surface area contributed by atoms with Crippen molar-refractivity contribution < 1.29 is 0 Å². The number of piperidine rings is 1. The zero-order chi connectivity index (χ0) is 12.3. The summed E-state index contributed by atoms with van der Waals surface area (Å²) in [6, 6.07) is 6.84. The number of aryl methyl sites for hydroxylation is 1. The third-order valence-electron chi connectivity index (χ3n) is 3.62. The van der Waals surface area contributed by atoms with Gasteiger partial charge in [-0.3, -0.25) is 4.90 Å². The molecule has 1 aromatic carbocycles. The predicted octanol–water partition coefficient (Wildman–Crippen LogP) is 2.83. The van der Waals surface area contributed by atoms with Gasteiger partial charge in [0.05, 0.1) is 0 Å². The molecule has 94 valence electrons. The third-order valence-corrected chi connectivity index (χ3v) is 3.85. The van der Waals surface area contributed by atoms with E-state index in [2.05, 4.69) is 30.3 Å². The lowest BCUT2D eigenvalue weighted by atomic mass is 10.0. The summed E-state index contributed by atoms with van der Waals surface area (Å²) in [6.45, 7) is 5.43. The van der Waals surface area contributed by atoms with Gasteiger partial charge in [0.15, 0.2) is 0 Å². The Morgan fingerprint density at radius 2 is 2.29 bits per heavy atom. The molecule has 1 saturated heterocycles. The molecule has 1 fully saturated rings. The lowest BCUT2D eigenvalue weighted by Crippen LogP contribution is -2.43. The first-order valence-electron chi connectivity index (χ1n) is 6.33. The number of likely N-dealkylation sites (N-methyl/N-ethyl adjacent to an activating group) is 1. The minimum atomic E-state index is 0.666. The largest absolute Gasteiger partial charge is 0.315 e. The Morgan fingerprint density at radius 3 is 2.94 bits per heavy atom. The van der Waals surface area contributed by atoms with E-state index >= 15 is 0 Å². The van der Waals surface area contributed by atoms with Crippen molar-refractivity contribution in [3.8, 4) is 0 Å². The second-order valence-corrected chi connectivity index (χ2v) is 5.42. The number of hydrogen-bond donors (Lipinski definition) is 1. The maximum Gasteiger partial charge on any atom is 0.0408 e. The molecule has 0 amide bonds. The highest BCUT2D eigenvalue weighted by Gasteiger charge is 2.17. The molecule has 0 saturated carbocycles. The number of halogens is 1. The van der Waals surface area contributed by atoms with E-state index in [4.69, 9.17) is 11.6 Å². The van der Waals surface area contributed by atoms with E-state index in [-0.39, 0.29) is 0 Å². The Labute approximate surface area is 109 Å². The zero-order valence-corrected chi connectivity index (χ0v) is 11.4. The zero-order valence-electron chi connectivity index (χ0n) is 10.7. The summed E-state index contributed by atoms with van der Waals surface area (Å²) in [5.41, 5.74) is 2.66. The monoisotopic (exact) mass is 252 g/mol. The minimum Gasteiger partial charge on any atom is -0.315 e. The van der Waals surface area contributed by atoms with Gasteiger partial charge < -0.3 is 5.32 Å². The van der Waals surface area contributed by atoms with Crippen LogP contribution in [0, 0.1) is 6.92 Å². The number of benzene rings is 1. The fraction of sp³-hybridized carbons (Fsp3) is 0.571. The van der Waals surface area contributed by atoms with Crippen LogP contribution in [0.2, 0.25) is 5.02 Å². The van der Waals surface area contributed by atoms with E-state index in [9.17, 15) is 0 Å². The smallest absolute Gasteiger partial charge is 0.0408 e. The van der Waals surface area contributed by atoms with Crippen LogP contribution in [-0.2, 0) is 6.54 Å². The first kappa shape index (κ1) is 12.9. The number of nitrogens with one attached hydrogen (secondary N) is 1. The molecule has 2 nitrogen and oxygen atoms in total. The van der Waals surface area contributed by atoms with Gasteiger partial charge in [0.2, 0.25) is 0 Å². The summed E-state index contributed by atoms with van der Waals surface area (Å²) >= 11 is 5.98. The molecule has 0 aromatic heterocycles. The second-order valence-electron chi connectivity index (χ2n) is 4.99. The van der Waals surface area contributed by atoms with Crippen molar-refractivity contribution in [2.45, 2.75) is 32.4 Å². The van der Waals surface area contributed by atoms with Crippen molar-refractivity contribution >= 4 is 11.6 Å². The topological polar surface area (TPSA) is 15.3 Å². The van der Waals surface area contributed by atoms with Crippen LogP contribution >= 0.6 is 11.6 Å². The Kier molecular flexibility index (Phi) is 4.43. The molecule has 1 unspecified atom stereocenters. The van der Waals surface area contributed by atoms with Crippen LogP contribution in [0.1, 0.15) is 24.0 Å². The van der Waals surface area contributed by atoms with Crippen LogP contribution in [0.3, 0.4) is 0 Å². The third kappa shape index (κ3) is 3.44. The maximum absolute atomic E-state index is 5.98. The van der Waals surface area contributed by atoms with Crippen molar-refractivity contribution in [1.82, 2.24) is 10.2 Å². The molecule has 1 aromatic rings. The van der Waals surface area contributed by atoms with Crippen molar-refractivity contribution in [2.24, 2.45) is 0 Å². The molecule has 1 N–H and O–H groups in total. The van der Waals surface area contributed by atoms with Gasteiger partial charge in [0, 0.05) is 24.2 Å². The van der Waals surface area contributed by atoms with Crippen molar-refractivity contribution in [1.29, 1.82) is 0 Å². The first-order valence-corrected chi connectivity index (χ1v) is 6.70. The molecule has 1 aliphatic heterocycles. The van der Waals surface area contributed by atoms with Crippen LogP contribution in [0.5, 0.6) is 0 Å². The standard InChI is InChI=1S/C14H21ClN2/c1-11-8-13(15)6-5-12(11)10-17(2)14-4-3-7-16-9-14/h5-6,8,14,16H,3-4,7,9-10H2,1-2H3. The van der Waals surface area contributed by atoms with E-state index in [0.29, 0.717) is 6.04 Å². The fourth-order valence-corrected chi connectivity index (χ4v) is 2.67. The van der Waals surface area contributed by atoms with Gasteiger partial charge in [-0.15, -0.1) is 0 Å². The molecule has 1 aliphatic rings. The second kappa shape index (κ2) is 5.85. The Hall–Kier alpha value is -0.570. The summed E-state index contributed by atoms with van der Waals surface area (Å²) in [6.07, 6.45) is 2.59. The first-order chi connectivity index (χ1) is 8.16. The van der Waals surface area contributed by atoms with Crippen molar-refractivity contribution in [2.75, 3.05) is 20.1 Å². The highest BCUT2D eigenvalue weighted by atomic mass is 35.5. The van der Waals surface area contributed by atoms with E-state index in [0.717, 1.165) is 18.1 Å². The summed E-state index contributed by atoms with van der Waals surface area (Å²) in [7, 11) is 2.21. The summed E-state index contributed by atoms with van der Waals surface area (Å²) in [5, 5.41) is 4.29. The highest BCUT2D eigenvalue weighted by Crippen LogP contribution is 2.18. The number of rotatable bonds is 3.